The normalized spacial score (nSPS) is 17.7. The summed E-state index contributed by atoms with van der Waals surface area (Å²) in [6, 6.07) is 2.12. The molecule has 2 heterocycles. The number of nitrogens with zero attached hydrogens (tertiary/aromatic N) is 2. The van der Waals surface area contributed by atoms with Gasteiger partial charge in [-0.3, -0.25) is 0 Å². The molecule has 1 fully saturated rings. The van der Waals surface area contributed by atoms with E-state index in [-0.39, 0.29) is 5.82 Å². The van der Waals surface area contributed by atoms with Crippen molar-refractivity contribution >= 4 is 5.82 Å². The Morgan fingerprint density at radius 2 is 2.10 bits per heavy atom. The van der Waals surface area contributed by atoms with Gasteiger partial charge in [-0.05, 0) is 30.7 Å². The summed E-state index contributed by atoms with van der Waals surface area (Å²) in [5, 5.41) is 3.27. The Morgan fingerprint density at radius 3 is 2.67 bits per heavy atom. The fraction of sp³-hybridized carbons (Fsp3) is 0.706. The zero-order chi connectivity index (χ0) is 15.5. The average molecular weight is 293 g/mol. The van der Waals surface area contributed by atoms with Gasteiger partial charge in [0, 0.05) is 37.4 Å². The number of rotatable bonds is 6. The highest BCUT2D eigenvalue weighted by atomic mass is 19.1. The molecule has 0 bridgehead atoms. The van der Waals surface area contributed by atoms with Crippen LogP contribution in [0.2, 0.25) is 0 Å². The van der Waals surface area contributed by atoms with E-state index < -0.39 is 0 Å². The van der Waals surface area contributed by atoms with Crippen LogP contribution in [0, 0.1) is 11.2 Å². The molecule has 0 saturated carbocycles. The lowest BCUT2D eigenvalue weighted by atomic mass is 9.82. The fourth-order valence-corrected chi connectivity index (χ4v) is 3.09. The number of anilines is 1. The molecule has 0 atom stereocenters. The first kappa shape index (κ1) is 16.2. The summed E-state index contributed by atoms with van der Waals surface area (Å²) in [6.45, 7) is 11.0. The molecule has 0 amide bonds. The van der Waals surface area contributed by atoms with Crippen molar-refractivity contribution in [3.8, 4) is 0 Å². The molecule has 1 aliphatic rings. The average Bonchev–Trinajstić information content (AvgIpc) is 2.91. The van der Waals surface area contributed by atoms with Crippen LogP contribution in [0.25, 0.3) is 0 Å². The molecule has 118 valence electrons. The predicted octanol–water partition coefficient (Wildman–Crippen LogP) is 3.74. The van der Waals surface area contributed by atoms with Crippen LogP contribution in [-0.4, -0.2) is 24.1 Å². The van der Waals surface area contributed by atoms with Crippen molar-refractivity contribution in [1.29, 1.82) is 0 Å². The second kappa shape index (κ2) is 6.73. The second-order valence-corrected chi connectivity index (χ2v) is 6.52. The van der Waals surface area contributed by atoms with Crippen molar-refractivity contribution in [2.24, 2.45) is 5.41 Å². The van der Waals surface area contributed by atoms with Gasteiger partial charge in [-0.2, -0.15) is 0 Å². The lowest BCUT2D eigenvalue weighted by Gasteiger charge is -2.27. The van der Waals surface area contributed by atoms with Gasteiger partial charge in [-0.25, -0.2) is 9.37 Å². The van der Waals surface area contributed by atoms with E-state index in [4.69, 9.17) is 0 Å². The Labute approximate surface area is 127 Å². The van der Waals surface area contributed by atoms with Crippen molar-refractivity contribution in [2.45, 2.75) is 59.5 Å². The first-order chi connectivity index (χ1) is 10.0. The molecular formula is C17H28FN3. The monoisotopic (exact) mass is 293 g/mol. The molecule has 1 saturated heterocycles. The van der Waals surface area contributed by atoms with Gasteiger partial charge in [0.2, 0.25) is 0 Å². The maximum Gasteiger partial charge on any atom is 0.170 e. The summed E-state index contributed by atoms with van der Waals surface area (Å²) >= 11 is 0. The topological polar surface area (TPSA) is 28.2 Å². The van der Waals surface area contributed by atoms with Gasteiger partial charge in [0.1, 0.15) is 0 Å². The van der Waals surface area contributed by atoms with Crippen LogP contribution in [-0.2, 0) is 6.54 Å². The molecule has 0 radical (unpaired) electrons. The molecule has 3 nitrogen and oxygen atoms in total. The highest BCUT2D eigenvalue weighted by Gasteiger charge is 2.36. The molecule has 1 aromatic heterocycles. The van der Waals surface area contributed by atoms with Crippen LogP contribution < -0.4 is 10.2 Å². The molecule has 0 aromatic carbocycles. The summed E-state index contributed by atoms with van der Waals surface area (Å²) in [5.74, 6) is 0.371. The lowest BCUT2D eigenvalue weighted by Crippen LogP contribution is -2.28. The quantitative estimate of drug-likeness (QED) is 0.866. The second-order valence-electron chi connectivity index (χ2n) is 6.52. The van der Waals surface area contributed by atoms with Crippen molar-refractivity contribution in [3.63, 3.8) is 0 Å². The zero-order valence-electron chi connectivity index (χ0n) is 13.7. The Kier molecular flexibility index (Phi) is 5.20. The largest absolute Gasteiger partial charge is 0.354 e. The molecule has 0 aliphatic carbocycles. The molecule has 0 unspecified atom stereocenters. The van der Waals surface area contributed by atoms with E-state index in [9.17, 15) is 4.39 Å². The number of nitrogens with one attached hydrogen (secondary N) is 1. The Bertz CT molecular complexity index is 469. The number of pyridine rings is 1. The van der Waals surface area contributed by atoms with Crippen LogP contribution in [0.15, 0.2) is 12.3 Å². The standard InChI is InChI=1S/C17H28FN3/c1-5-17(6-2)8-10-21(12-17)16-15(18)14(7-9-19-16)11-20-13(3)4/h7,9,13,20H,5-6,8,10-12H2,1-4H3. The molecular weight excluding hydrogens is 265 g/mol. The molecule has 4 heteroatoms. The summed E-state index contributed by atoms with van der Waals surface area (Å²) in [6.07, 6.45) is 5.16. The number of hydrogen-bond acceptors (Lipinski definition) is 3. The van der Waals surface area contributed by atoms with Gasteiger partial charge in [0.05, 0.1) is 0 Å². The summed E-state index contributed by atoms with van der Waals surface area (Å²) in [7, 11) is 0. The van der Waals surface area contributed by atoms with E-state index >= 15 is 0 Å². The third-order valence-electron chi connectivity index (χ3n) is 4.89. The summed E-state index contributed by atoms with van der Waals surface area (Å²) in [4.78, 5) is 6.43. The van der Waals surface area contributed by atoms with E-state index in [1.807, 2.05) is 0 Å². The molecule has 1 N–H and O–H groups in total. The molecule has 2 rings (SSSR count). The van der Waals surface area contributed by atoms with Crippen LogP contribution >= 0.6 is 0 Å². The Hall–Kier alpha value is -1.16. The van der Waals surface area contributed by atoms with Crippen LogP contribution in [0.1, 0.15) is 52.5 Å². The summed E-state index contributed by atoms with van der Waals surface area (Å²) < 4.78 is 14.7. The first-order valence-electron chi connectivity index (χ1n) is 8.13. The van der Waals surface area contributed by atoms with Crippen molar-refractivity contribution < 1.29 is 4.39 Å². The van der Waals surface area contributed by atoms with Crippen molar-refractivity contribution in [3.05, 3.63) is 23.6 Å². The van der Waals surface area contributed by atoms with E-state index in [0.29, 0.717) is 29.4 Å². The smallest absolute Gasteiger partial charge is 0.170 e. The first-order valence-corrected chi connectivity index (χ1v) is 8.13. The minimum Gasteiger partial charge on any atom is -0.354 e. The number of aromatic nitrogens is 1. The number of hydrogen-bond donors (Lipinski definition) is 1. The van der Waals surface area contributed by atoms with Crippen LogP contribution in [0.3, 0.4) is 0 Å². The van der Waals surface area contributed by atoms with Gasteiger partial charge in [0.25, 0.3) is 0 Å². The highest BCUT2D eigenvalue weighted by Crippen LogP contribution is 2.39. The van der Waals surface area contributed by atoms with Crippen molar-refractivity contribution in [1.82, 2.24) is 10.3 Å². The van der Waals surface area contributed by atoms with E-state index in [2.05, 4.69) is 42.9 Å². The molecule has 21 heavy (non-hydrogen) atoms. The highest BCUT2D eigenvalue weighted by molar-refractivity contribution is 5.44. The van der Waals surface area contributed by atoms with E-state index in [0.717, 1.165) is 32.4 Å². The SMILES string of the molecule is CCC1(CC)CCN(c2nccc(CNC(C)C)c2F)C1. The van der Waals surface area contributed by atoms with Gasteiger partial charge in [-0.15, -0.1) is 0 Å². The third kappa shape index (κ3) is 3.54. The van der Waals surface area contributed by atoms with Gasteiger partial charge in [0.15, 0.2) is 11.6 Å². The van der Waals surface area contributed by atoms with Crippen molar-refractivity contribution in [2.75, 3.05) is 18.0 Å². The van der Waals surface area contributed by atoms with Gasteiger partial charge in [-0.1, -0.05) is 27.7 Å². The minimum atomic E-state index is -0.159. The van der Waals surface area contributed by atoms with Gasteiger partial charge < -0.3 is 10.2 Å². The van der Waals surface area contributed by atoms with Gasteiger partial charge >= 0.3 is 0 Å². The van der Waals surface area contributed by atoms with E-state index in [1.54, 1.807) is 12.3 Å². The maximum absolute atomic E-state index is 14.7. The number of halogens is 1. The van der Waals surface area contributed by atoms with E-state index in [1.165, 1.54) is 0 Å². The van der Waals surface area contributed by atoms with Crippen LogP contribution in [0.4, 0.5) is 10.2 Å². The molecule has 1 aromatic rings. The Balaban J connectivity index is 2.16. The molecule has 1 aliphatic heterocycles. The fourth-order valence-electron chi connectivity index (χ4n) is 3.09. The maximum atomic E-state index is 14.7. The molecule has 0 spiro atoms. The third-order valence-corrected chi connectivity index (χ3v) is 4.89. The Morgan fingerprint density at radius 1 is 1.38 bits per heavy atom. The lowest BCUT2D eigenvalue weighted by molar-refractivity contribution is 0.301. The predicted molar refractivity (Wildman–Crippen MR) is 86.0 cm³/mol. The summed E-state index contributed by atoms with van der Waals surface area (Å²) in [5.41, 5.74) is 1.04. The minimum absolute atomic E-state index is 0.159. The zero-order valence-corrected chi connectivity index (χ0v) is 13.7. The van der Waals surface area contributed by atoms with Crippen LogP contribution in [0.5, 0.6) is 0 Å².